The fourth-order valence-corrected chi connectivity index (χ4v) is 10.7. The fourth-order valence-electron chi connectivity index (χ4n) is 8.50. The van der Waals surface area contributed by atoms with Crippen molar-refractivity contribution in [2.75, 3.05) is 0 Å². The van der Waals surface area contributed by atoms with Crippen LogP contribution in [0.1, 0.15) is 34.0 Å². The first kappa shape index (κ1) is 38.3. The maximum Gasteiger partial charge on any atom is 0 e. The van der Waals surface area contributed by atoms with Gasteiger partial charge in [0, 0.05) is 34.4 Å². The van der Waals surface area contributed by atoms with E-state index in [2.05, 4.69) is 119 Å². The standard InChI is InChI=1S/C29H24NO.C26H22GeNO.Ir/c1-2-9-22(10-3-1)23-13-14-24-25-11-6-12-26(29(25)31-28(24)19-23)27-18-21(15-16-30-27)17-20-7-4-5-8-20;1-27(2,3)19-13-16-23(28-17-19)21-15-14-20(18-9-5-4-6-10-18)25-22-11-7-8-12-24(22)29-26(21)25;/h1-3,6,9-11,13-16,18-20H,4-5,7-8,17H2;4-14,16-17H,1-3H3;/q2*-1;/i17D2;;. The van der Waals surface area contributed by atoms with Crippen LogP contribution < -0.4 is 4.40 Å². The first-order chi connectivity index (χ1) is 30.1. The van der Waals surface area contributed by atoms with Crippen molar-refractivity contribution in [1.29, 1.82) is 0 Å². The molecule has 303 valence electrons. The average molecular weight is 1030 g/mol. The SMILES string of the molecule is [2H]C([2H])(c1ccnc(-c2[c-]ccc3c2oc2cc(-c4ccccc4)ccc23)c1)C1CCCC1.[CH3][Ge]([CH3])([CH3])[c]1ccc(-c2[c-]cc(-c3ccccc3)c3c2oc2ccccc23)nc1.[Ir]. The first-order valence-corrected chi connectivity index (χ1v) is 28.3. The van der Waals surface area contributed by atoms with E-state index in [0.29, 0.717) is 11.3 Å². The molecule has 6 aromatic carbocycles. The summed E-state index contributed by atoms with van der Waals surface area (Å²) in [6, 6.07) is 56.1. The minimum Gasteiger partial charge on any atom is 0 e. The van der Waals surface area contributed by atoms with Crippen LogP contribution in [-0.2, 0) is 26.5 Å². The van der Waals surface area contributed by atoms with E-state index in [0.717, 1.165) is 109 Å². The Bertz CT molecular complexity index is 3210. The van der Waals surface area contributed by atoms with Crippen molar-refractivity contribution in [1.82, 2.24) is 9.97 Å². The normalized spacial score (nSPS) is 13.8. The topological polar surface area (TPSA) is 52.1 Å². The first-order valence-electron chi connectivity index (χ1n) is 21.9. The summed E-state index contributed by atoms with van der Waals surface area (Å²) in [6.07, 6.45) is 6.50. The molecular formula is C55H46GeIrN2O2-2. The van der Waals surface area contributed by atoms with Crippen LogP contribution in [0.4, 0.5) is 0 Å². The quantitative estimate of drug-likeness (QED) is 0.118. The molecule has 10 aromatic rings. The number of aromatic nitrogens is 2. The molecule has 0 N–H and O–H groups in total. The van der Waals surface area contributed by atoms with Gasteiger partial charge < -0.3 is 9.40 Å². The van der Waals surface area contributed by atoms with Gasteiger partial charge in [-0.15, -0.1) is 18.2 Å². The number of fused-ring (bicyclic) bond motifs is 6. The molecule has 0 spiro atoms. The largest absolute Gasteiger partial charge is 0 e. The summed E-state index contributed by atoms with van der Waals surface area (Å²) in [6.45, 7) is 0. The van der Waals surface area contributed by atoms with Gasteiger partial charge in [-0.1, -0.05) is 90.7 Å². The van der Waals surface area contributed by atoms with Crippen LogP contribution in [0.15, 0.2) is 167 Å². The van der Waals surface area contributed by atoms with Crippen molar-refractivity contribution in [3.8, 4) is 44.8 Å². The Morgan fingerprint density at radius 2 is 1.36 bits per heavy atom. The third-order valence-electron chi connectivity index (χ3n) is 11.7. The van der Waals surface area contributed by atoms with E-state index in [9.17, 15) is 0 Å². The van der Waals surface area contributed by atoms with Gasteiger partial charge in [-0.3, -0.25) is 0 Å². The molecule has 0 unspecified atom stereocenters. The second kappa shape index (κ2) is 17.4. The number of hydrogen-bond donors (Lipinski definition) is 0. The second-order valence-electron chi connectivity index (χ2n) is 16.8. The Morgan fingerprint density at radius 1 is 0.639 bits per heavy atom. The van der Waals surface area contributed by atoms with Gasteiger partial charge in [0.1, 0.15) is 5.58 Å². The molecule has 0 bridgehead atoms. The Labute approximate surface area is 376 Å². The zero-order chi connectivity index (χ0) is 42.4. The summed E-state index contributed by atoms with van der Waals surface area (Å²) in [5, 5.41) is 4.32. The van der Waals surface area contributed by atoms with E-state index in [1.807, 2.05) is 66.9 Å². The molecule has 0 saturated heterocycles. The monoisotopic (exact) mass is 1040 g/mol. The zero-order valence-electron chi connectivity index (χ0n) is 36.5. The summed E-state index contributed by atoms with van der Waals surface area (Å²) >= 11 is -1.90. The van der Waals surface area contributed by atoms with E-state index in [1.54, 1.807) is 6.20 Å². The fraction of sp³-hybridized carbons (Fsp3) is 0.164. The van der Waals surface area contributed by atoms with Crippen molar-refractivity contribution in [2.24, 2.45) is 5.92 Å². The van der Waals surface area contributed by atoms with Crippen molar-refractivity contribution < 1.29 is 31.7 Å². The molecule has 4 nitrogen and oxygen atoms in total. The molecule has 0 amide bonds. The molecule has 1 aliphatic carbocycles. The zero-order valence-corrected chi connectivity index (χ0v) is 39.0. The number of pyridine rings is 2. The molecular weight excluding hydrogens is 985 g/mol. The molecule has 0 atom stereocenters. The van der Waals surface area contributed by atoms with Gasteiger partial charge in [0.25, 0.3) is 0 Å². The number of rotatable bonds is 7. The van der Waals surface area contributed by atoms with E-state index in [4.69, 9.17) is 16.6 Å². The molecule has 11 rings (SSSR count). The maximum atomic E-state index is 8.78. The Balaban J connectivity index is 0.000000159. The Kier molecular flexibility index (Phi) is 10.9. The minimum absolute atomic E-state index is 0. The van der Waals surface area contributed by atoms with Gasteiger partial charge in [0.15, 0.2) is 0 Å². The molecule has 1 radical (unpaired) electrons. The van der Waals surface area contributed by atoms with Crippen LogP contribution >= 0.6 is 0 Å². The predicted octanol–water partition coefficient (Wildman–Crippen LogP) is 14.5. The summed E-state index contributed by atoms with van der Waals surface area (Å²) in [5.41, 5.74) is 11.8. The molecule has 4 heterocycles. The van der Waals surface area contributed by atoms with Crippen molar-refractivity contribution in [2.45, 2.75) is 49.3 Å². The van der Waals surface area contributed by atoms with Crippen molar-refractivity contribution >= 4 is 61.5 Å². The molecule has 4 aromatic heterocycles. The molecule has 1 fully saturated rings. The molecule has 1 saturated carbocycles. The average Bonchev–Trinajstić information content (AvgIpc) is 4.08. The van der Waals surface area contributed by atoms with E-state index >= 15 is 0 Å². The van der Waals surface area contributed by atoms with Gasteiger partial charge in [0.05, 0.1) is 5.58 Å². The van der Waals surface area contributed by atoms with Crippen LogP contribution in [0.25, 0.3) is 88.6 Å². The van der Waals surface area contributed by atoms with Gasteiger partial charge in [-0.25, -0.2) is 0 Å². The maximum absolute atomic E-state index is 8.78. The predicted molar refractivity (Wildman–Crippen MR) is 251 cm³/mol. The van der Waals surface area contributed by atoms with Crippen LogP contribution in [0.5, 0.6) is 0 Å². The van der Waals surface area contributed by atoms with Crippen LogP contribution in [0.3, 0.4) is 0 Å². The van der Waals surface area contributed by atoms with Crippen LogP contribution in [0, 0.1) is 18.1 Å². The molecule has 0 aliphatic heterocycles. The summed E-state index contributed by atoms with van der Waals surface area (Å²) in [4.78, 5) is 9.37. The van der Waals surface area contributed by atoms with Gasteiger partial charge in [-0.05, 0) is 41.2 Å². The Morgan fingerprint density at radius 3 is 2.11 bits per heavy atom. The Hall–Kier alpha value is -5.59. The molecule has 1 aliphatic rings. The third-order valence-corrected chi connectivity index (χ3v) is 16.0. The van der Waals surface area contributed by atoms with Gasteiger partial charge in [0.2, 0.25) is 0 Å². The van der Waals surface area contributed by atoms with Crippen LogP contribution in [0.2, 0.25) is 17.3 Å². The number of hydrogen-bond acceptors (Lipinski definition) is 4. The van der Waals surface area contributed by atoms with Gasteiger partial charge in [-0.2, -0.15) is 0 Å². The number of benzene rings is 6. The molecule has 61 heavy (non-hydrogen) atoms. The third kappa shape index (κ3) is 8.27. The summed E-state index contributed by atoms with van der Waals surface area (Å²) < 4.78 is 31.7. The van der Waals surface area contributed by atoms with E-state index in [-0.39, 0.29) is 26.0 Å². The van der Waals surface area contributed by atoms with E-state index < -0.39 is 19.6 Å². The van der Waals surface area contributed by atoms with Crippen molar-refractivity contribution in [3.63, 3.8) is 0 Å². The van der Waals surface area contributed by atoms with Crippen molar-refractivity contribution in [3.05, 3.63) is 176 Å². The summed E-state index contributed by atoms with van der Waals surface area (Å²) in [7, 11) is 0. The second-order valence-corrected chi connectivity index (χ2v) is 27.4. The molecule has 6 heteroatoms. The van der Waals surface area contributed by atoms with Gasteiger partial charge >= 0.3 is 174 Å². The summed E-state index contributed by atoms with van der Waals surface area (Å²) in [5.74, 6) is 7.22. The smallest absolute Gasteiger partial charge is 0 e. The number of nitrogens with zero attached hydrogens (tertiary/aromatic N) is 2. The van der Waals surface area contributed by atoms with E-state index in [1.165, 1.54) is 4.40 Å². The minimum atomic E-state index is -1.90. The number of para-hydroxylation sites is 1. The number of furan rings is 2. The van der Waals surface area contributed by atoms with Crippen LogP contribution in [-0.4, -0.2) is 23.2 Å².